The molecule has 0 bridgehead atoms. The summed E-state index contributed by atoms with van der Waals surface area (Å²) in [5, 5.41) is 12.7. The van der Waals surface area contributed by atoms with E-state index in [0.717, 1.165) is 19.5 Å². The molecule has 88 valence electrons. The summed E-state index contributed by atoms with van der Waals surface area (Å²) in [4.78, 5) is 13.3. The van der Waals surface area contributed by atoms with Gasteiger partial charge in [-0.2, -0.15) is 0 Å². The van der Waals surface area contributed by atoms with E-state index in [1.54, 1.807) is 4.90 Å². The molecule has 1 rings (SSSR count). The molecule has 2 N–H and O–H groups in total. The van der Waals surface area contributed by atoms with E-state index in [-0.39, 0.29) is 5.91 Å². The van der Waals surface area contributed by atoms with Crippen LogP contribution in [0.4, 0.5) is 0 Å². The van der Waals surface area contributed by atoms with Crippen molar-refractivity contribution in [2.24, 2.45) is 5.92 Å². The zero-order valence-corrected chi connectivity index (χ0v) is 9.70. The van der Waals surface area contributed by atoms with Crippen LogP contribution in [0.2, 0.25) is 0 Å². The second-order valence-corrected chi connectivity index (χ2v) is 4.24. The molecule has 15 heavy (non-hydrogen) atoms. The number of hydrogen-bond acceptors (Lipinski definition) is 3. The van der Waals surface area contributed by atoms with Crippen molar-refractivity contribution in [1.82, 2.24) is 10.2 Å². The van der Waals surface area contributed by atoms with Gasteiger partial charge in [-0.05, 0) is 12.5 Å². The van der Waals surface area contributed by atoms with Crippen molar-refractivity contribution >= 4 is 5.91 Å². The third kappa shape index (κ3) is 3.80. The molecule has 0 radical (unpaired) electrons. The van der Waals surface area contributed by atoms with E-state index < -0.39 is 6.10 Å². The minimum absolute atomic E-state index is 0.192. The second kappa shape index (κ2) is 6.08. The minimum Gasteiger partial charge on any atom is -0.390 e. The van der Waals surface area contributed by atoms with Gasteiger partial charge in [0.1, 0.15) is 0 Å². The van der Waals surface area contributed by atoms with E-state index in [4.69, 9.17) is 0 Å². The topological polar surface area (TPSA) is 52.6 Å². The highest BCUT2D eigenvalue weighted by Gasteiger charge is 2.29. The summed E-state index contributed by atoms with van der Waals surface area (Å²) < 4.78 is 0. The van der Waals surface area contributed by atoms with E-state index in [9.17, 15) is 9.90 Å². The molecule has 4 nitrogen and oxygen atoms in total. The van der Waals surface area contributed by atoms with Crippen LogP contribution >= 0.6 is 0 Å². The van der Waals surface area contributed by atoms with Crippen LogP contribution in [0.1, 0.15) is 26.7 Å². The van der Waals surface area contributed by atoms with Gasteiger partial charge >= 0.3 is 0 Å². The molecular formula is C11H22N2O2. The molecule has 1 fully saturated rings. The van der Waals surface area contributed by atoms with E-state index in [2.05, 4.69) is 12.2 Å². The molecule has 1 saturated heterocycles. The molecule has 0 saturated carbocycles. The molecule has 0 aliphatic carbocycles. The number of nitrogens with zero attached hydrogens (tertiary/aromatic N) is 1. The summed E-state index contributed by atoms with van der Waals surface area (Å²) in [5.74, 6) is 0.682. The van der Waals surface area contributed by atoms with Crippen molar-refractivity contribution < 1.29 is 9.90 Å². The second-order valence-electron chi connectivity index (χ2n) is 4.24. The quantitative estimate of drug-likeness (QED) is 0.665. The summed E-state index contributed by atoms with van der Waals surface area (Å²) in [7, 11) is 0. The van der Waals surface area contributed by atoms with Crippen molar-refractivity contribution in [2.75, 3.05) is 26.2 Å². The van der Waals surface area contributed by atoms with Crippen LogP contribution in [0.25, 0.3) is 0 Å². The summed E-state index contributed by atoms with van der Waals surface area (Å²) in [6.07, 6.45) is 1.26. The Kier molecular flexibility index (Phi) is 5.05. The van der Waals surface area contributed by atoms with Gasteiger partial charge < -0.3 is 15.3 Å². The molecule has 0 aromatic rings. The first kappa shape index (κ1) is 12.5. The highest BCUT2D eigenvalue weighted by atomic mass is 16.3. The average Bonchev–Trinajstić information content (AvgIpc) is 2.57. The largest absolute Gasteiger partial charge is 0.390 e. The molecule has 1 aliphatic rings. The maximum absolute atomic E-state index is 11.5. The Morgan fingerprint density at radius 2 is 2.33 bits per heavy atom. The van der Waals surface area contributed by atoms with Crippen molar-refractivity contribution in [3.05, 3.63) is 0 Å². The van der Waals surface area contributed by atoms with Gasteiger partial charge in [-0.3, -0.25) is 4.79 Å². The maximum Gasteiger partial charge on any atom is 0.223 e. The number of amides is 1. The van der Waals surface area contributed by atoms with E-state index in [0.29, 0.717) is 25.4 Å². The van der Waals surface area contributed by atoms with Gasteiger partial charge in [0, 0.05) is 26.1 Å². The van der Waals surface area contributed by atoms with Crippen LogP contribution < -0.4 is 5.32 Å². The fraction of sp³-hybridized carbons (Fsp3) is 0.909. The predicted molar refractivity (Wildman–Crippen MR) is 59.5 cm³/mol. The summed E-state index contributed by atoms with van der Waals surface area (Å²) in [6.45, 7) is 6.82. The standard InChI is InChI=1S/C11H22N2O2/c1-3-9-5-11(15)13(7-9)8-10(14)6-12-4-2/h9-10,12,14H,3-8H2,1-2H3. The normalized spacial score (nSPS) is 23.5. The molecular weight excluding hydrogens is 192 g/mol. The Hall–Kier alpha value is -0.610. The molecule has 4 heteroatoms. The number of hydrogen-bond donors (Lipinski definition) is 2. The molecule has 1 aliphatic heterocycles. The molecule has 0 aromatic carbocycles. The lowest BCUT2D eigenvalue weighted by Gasteiger charge is -2.20. The van der Waals surface area contributed by atoms with Crippen LogP contribution in [0.15, 0.2) is 0 Å². The Labute approximate surface area is 91.6 Å². The van der Waals surface area contributed by atoms with Gasteiger partial charge in [-0.1, -0.05) is 20.3 Å². The van der Waals surface area contributed by atoms with Gasteiger partial charge in [0.2, 0.25) is 5.91 Å². The number of aliphatic hydroxyl groups excluding tert-OH is 1. The fourth-order valence-electron chi connectivity index (χ4n) is 1.93. The number of likely N-dealkylation sites (N-methyl/N-ethyl adjacent to an activating group) is 1. The number of nitrogens with one attached hydrogen (secondary N) is 1. The van der Waals surface area contributed by atoms with Crippen molar-refractivity contribution in [3.8, 4) is 0 Å². The lowest BCUT2D eigenvalue weighted by atomic mass is 10.1. The Balaban J connectivity index is 2.29. The fourth-order valence-corrected chi connectivity index (χ4v) is 1.93. The number of rotatable bonds is 6. The zero-order chi connectivity index (χ0) is 11.3. The van der Waals surface area contributed by atoms with Crippen LogP contribution in [0.3, 0.4) is 0 Å². The first-order valence-corrected chi connectivity index (χ1v) is 5.83. The molecule has 2 unspecified atom stereocenters. The van der Waals surface area contributed by atoms with E-state index in [1.165, 1.54) is 0 Å². The third-order valence-electron chi connectivity index (χ3n) is 2.93. The SMILES string of the molecule is CCNCC(O)CN1CC(CC)CC1=O. The third-order valence-corrected chi connectivity index (χ3v) is 2.93. The predicted octanol–water partition coefficient (Wildman–Crippen LogP) is 0.215. The number of β-amino-alcohol motifs (C(OH)–C–C–N with tert-alkyl or cyclic N) is 1. The summed E-state index contributed by atoms with van der Waals surface area (Å²) in [5.41, 5.74) is 0. The molecule has 1 amide bonds. The van der Waals surface area contributed by atoms with Gasteiger partial charge in [-0.25, -0.2) is 0 Å². The number of carbonyl (C=O) groups excluding carboxylic acids is 1. The number of likely N-dealkylation sites (tertiary alicyclic amines) is 1. The van der Waals surface area contributed by atoms with Gasteiger partial charge in [-0.15, -0.1) is 0 Å². The highest BCUT2D eigenvalue weighted by Crippen LogP contribution is 2.20. The highest BCUT2D eigenvalue weighted by molar-refractivity contribution is 5.78. The van der Waals surface area contributed by atoms with Crippen LogP contribution in [-0.4, -0.2) is 48.2 Å². The first-order chi connectivity index (χ1) is 7.17. The number of aliphatic hydroxyl groups is 1. The first-order valence-electron chi connectivity index (χ1n) is 5.83. The van der Waals surface area contributed by atoms with Crippen LogP contribution in [-0.2, 0) is 4.79 Å². The van der Waals surface area contributed by atoms with Gasteiger partial charge in [0.15, 0.2) is 0 Å². The average molecular weight is 214 g/mol. The summed E-state index contributed by atoms with van der Waals surface area (Å²) in [6, 6.07) is 0. The lowest BCUT2D eigenvalue weighted by Crippen LogP contribution is -2.39. The lowest BCUT2D eigenvalue weighted by molar-refractivity contribution is -0.128. The van der Waals surface area contributed by atoms with E-state index >= 15 is 0 Å². The summed E-state index contributed by atoms with van der Waals surface area (Å²) >= 11 is 0. The zero-order valence-electron chi connectivity index (χ0n) is 9.70. The monoisotopic (exact) mass is 214 g/mol. The van der Waals surface area contributed by atoms with Crippen molar-refractivity contribution in [3.63, 3.8) is 0 Å². The van der Waals surface area contributed by atoms with E-state index in [1.807, 2.05) is 6.92 Å². The van der Waals surface area contributed by atoms with Gasteiger partial charge in [0.25, 0.3) is 0 Å². The molecule has 0 spiro atoms. The maximum atomic E-state index is 11.5. The molecule has 1 heterocycles. The van der Waals surface area contributed by atoms with Crippen molar-refractivity contribution in [2.45, 2.75) is 32.8 Å². The Bertz CT molecular complexity index is 209. The minimum atomic E-state index is -0.440. The van der Waals surface area contributed by atoms with Gasteiger partial charge in [0.05, 0.1) is 6.10 Å². The Morgan fingerprint density at radius 3 is 2.87 bits per heavy atom. The molecule has 2 atom stereocenters. The van der Waals surface area contributed by atoms with Crippen LogP contribution in [0.5, 0.6) is 0 Å². The smallest absolute Gasteiger partial charge is 0.223 e. The molecule has 0 aromatic heterocycles. The Morgan fingerprint density at radius 1 is 1.60 bits per heavy atom. The number of carbonyl (C=O) groups is 1. The van der Waals surface area contributed by atoms with Crippen molar-refractivity contribution in [1.29, 1.82) is 0 Å². The van der Waals surface area contributed by atoms with Crippen LogP contribution in [0, 0.1) is 5.92 Å².